The van der Waals surface area contributed by atoms with Gasteiger partial charge in [-0.2, -0.15) is 4.72 Å². The summed E-state index contributed by atoms with van der Waals surface area (Å²) in [5.41, 5.74) is 4.96. The SMILES string of the molecule is Cc1c(C(=O)O)cccc1S(=O)(=O)NC(C)C(N)=O. The Morgan fingerprint density at radius 3 is 2.42 bits per heavy atom. The zero-order valence-corrected chi connectivity index (χ0v) is 11.2. The number of nitrogens with two attached hydrogens (primary N) is 1. The molecule has 1 aromatic carbocycles. The Kier molecular flexibility index (Phi) is 4.28. The van der Waals surface area contributed by atoms with Crippen LogP contribution in [0.1, 0.15) is 22.8 Å². The van der Waals surface area contributed by atoms with Crippen molar-refractivity contribution >= 4 is 21.9 Å². The van der Waals surface area contributed by atoms with Crippen LogP contribution in [0.5, 0.6) is 0 Å². The molecule has 0 radical (unpaired) electrons. The van der Waals surface area contributed by atoms with Crippen LogP contribution in [0.15, 0.2) is 23.1 Å². The van der Waals surface area contributed by atoms with E-state index >= 15 is 0 Å². The minimum Gasteiger partial charge on any atom is -0.478 e. The summed E-state index contributed by atoms with van der Waals surface area (Å²) in [4.78, 5) is 21.6. The summed E-state index contributed by atoms with van der Waals surface area (Å²) in [5, 5.41) is 8.94. The fraction of sp³-hybridized carbons (Fsp3) is 0.273. The topological polar surface area (TPSA) is 127 Å². The van der Waals surface area contributed by atoms with Gasteiger partial charge in [-0.3, -0.25) is 4.79 Å². The molecular formula is C11H14N2O5S. The number of benzene rings is 1. The van der Waals surface area contributed by atoms with Gasteiger partial charge >= 0.3 is 5.97 Å². The summed E-state index contributed by atoms with van der Waals surface area (Å²) in [6.07, 6.45) is 0. The lowest BCUT2D eigenvalue weighted by molar-refractivity contribution is -0.119. The average molecular weight is 286 g/mol. The number of amides is 1. The van der Waals surface area contributed by atoms with E-state index in [1.165, 1.54) is 32.0 Å². The molecule has 0 saturated heterocycles. The normalized spacial score (nSPS) is 12.9. The Morgan fingerprint density at radius 2 is 1.95 bits per heavy atom. The highest BCUT2D eigenvalue weighted by Gasteiger charge is 2.24. The highest BCUT2D eigenvalue weighted by atomic mass is 32.2. The van der Waals surface area contributed by atoms with Crippen molar-refractivity contribution in [3.63, 3.8) is 0 Å². The second-order valence-electron chi connectivity index (χ2n) is 3.98. The third-order valence-corrected chi connectivity index (χ3v) is 4.25. The largest absolute Gasteiger partial charge is 0.478 e. The average Bonchev–Trinajstić information content (AvgIpc) is 2.27. The number of sulfonamides is 1. The molecule has 1 unspecified atom stereocenters. The molecule has 0 spiro atoms. The van der Waals surface area contributed by atoms with Crippen molar-refractivity contribution in [3.8, 4) is 0 Å². The van der Waals surface area contributed by atoms with E-state index in [0.29, 0.717) is 0 Å². The van der Waals surface area contributed by atoms with E-state index in [1.54, 1.807) is 0 Å². The van der Waals surface area contributed by atoms with Gasteiger partial charge in [0.05, 0.1) is 16.5 Å². The van der Waals surface area contributed by atoms with Crippen molar-refractivity contribution in [1.82, 2.24) is 4.72 Å². The fourth-order valence-corrected chi connectivity index (χ4v) is 2.97. The maximum atomic E-state index is 12.0. The lowest BCUT2D eigenvalue weighted by atomic mass is 10.1. The number of carbonyl (C=O) groups excluding carboxylic acids is 1. The molecule has 0 aliphatic carbocycles. The van der Waals surface area contributed by atoms with Crippen LogP contribution in [-0.2, 0) is 14.8 Å². The van der Waals surface area contributed by atoms with Crippen LogP contribution in [0.25, 0.3) is 0 Å². The van der Waals surface area contributed by atoms with Crippen LogP contribution in [0.3, 0.4) is 0 Å². The first-order valence-corrected chi connectivity index (χ1v) is 6.79. The molecule has 7 nitrogen and oxygen atoms in total. The molecule has 4 N–H and O–H groups in total. The zero-order chi connectivity index (χ0) is 14.8. The second kappa shape index (κ2) is 5.37. The summed E-state index contributed by atoms with van der Waals surface area (Å²) >= 11 is 0. The van der Waals surface area contributed by atoms with E-state index in [9.17, 15) is 18.0 Å². The van der Waals surface area contributed by atoms with E-state index in [4.69, 9.17) is 10.8 Å². The second-order valence-corrected chi connectivity index (χ2v) is 5.66. The Balaban J connectivity index is 3.26. The molecule has 1 aromatic rings. The van der Waals surface area contributed by atoms with E-state index in [1.807, 2.05) is 0 Å². The maximum absolute atomic E-state index is 12.0. The molecular weight excluding hydrogens is 272 g/mol. The van der Waals surface area contributed by atoms with Crippen molar-refractivity contribution in [1.29, 1.82) is 0 Å². The van der Waals surface area contributed by atoms with Crippen molar-refractivity contribution in [2.24, 2.45) is 5.73 Å². The van der Waals surface area contributed by atoms with Gasteiger partial charge in [0, 0.05) is 0 Å². The van der Waals surface area contributed by atoms with Crippen LogP contribution in [0, 0.1) is 6.92 Å². The van der Waals surface area contributed by atoms with E-state index in [2.05, 4.69) is 4.72 Å². The van der Waals surface area contributed by atoms with Crippen molar-refractivity contribution < 1.29 is 23.1 Å². The molecule has 1 rings (SSSR count). The zero-order valence-electron chi connectivity index (χ0n) is 10.4. The van der Waals surface area contributed by atoms with Gasteiger partial charge < -0.3 is 10.8 Å². The molecule has 104 valence electrons. The lowest BCUT2D eigenvalue weighted by Crippen LogP contribution is -2.42. The molecule has 0 aliphatic heterocycles. The minimum absolute atomic E-state index is 0.0965. The Hall–Kier alpha value is -1.93. The molecule has 8 heteroatoms. The third kappa shape index (κ3) is 3.30. The molecule has 0 saturated carbocycles. The van der Waals surface area contributed by atoms with Crippen molar-refractivity contribution in [2.75, 3.05) is 0 Å². The quantitative estimate of drug-likeness (QED) is 0.693. The number of carboxylic acid groups (broad SMARTS) is 1. The number of carboxylic acids is 1. The van der Waals surface area contributed by atoms with Crippen LogP contribution in [-0.4, -0.2) is 31.4 Å². The number of nitrogens with one attached hydrogen (secondary N) is 1. The van der Waals surface area contributed by atoms with Crippen LogP contribution < -0.4 is 10.5 Å². The predicted molar refractivity (Wildman–Crippen MR) is 67.1 cm³/mol. The molecule has 0 heterocycles. The molecule has 1 atom stereocenters. The Bertz CT molecular complexity index is 624. The molecule has 19 heavy (non-hydrogen) atoms. The highest BCUT2D eigenvalue weighted by molar-refractivity contribution is 7.89. The van der Waals surface area contributed by atoms with Gasteiger partial charge in [0.15, 0.2) is 0 Å². The van der Waals surface area contributed by atoms with E-state index in [0.717, 1.165) is 0 Å². The van der Waals surface area contributed by atoms with Gasteiger partial charge in [0.25, 0.3) is 0 Å². The number of hydrogen-bond donors (Lipinski definition) is 3. The first-order valence-electron chi connectivity index (χ1n) is 5.31. The van der Waals surface area contributed by atoms with Gasteiger partial charge in [-0.15, -0.1) is 0 Å². The number of carbonyl (C=O) groups is 2. The van der Waals surface area contributed by atoms with E-state index < -0.39 is 27.9 Å². The molecule has 1 amide bonds. The summed E-state index contributed by atoms with van der Waals surface area (Å²) < 4.78 is 26.1. The van der Waals surface area contributed by atoms with Gasteiger partial charge in [-0.25, -0.2) is 13.2 Å². The van der Waals surface area contributed by atoms with Gasteiger partial charge in [-0.1, -0.05) is 6.07 Å². The smallest absolute Gasteiger partial charge is 0.335 e. The minimum atomic E-state index is -4.01. The molecule has 0 aliphatic rings. The van der Waals surface area contributed by atoms with Crippen molar-refractivity contribution in [2.45, 2.75) is 24.8 Å². The fourth-order valence-electron chi connectivity index (χ4n) is 1.49. The maximum Gasteiger partial charge on any atom is 0.335 e. The first kappa shape index (κ1) is 15.1. The van der Waals surface area contributed by atoms with Crippen LogP contribution in [0.4, 0.5) is 0 Å². The highest BCUT2D eigenvalue weighted by Crippen LogP contribution is 2.19. The molecule has 0 bridgehead atoms. The number of aromatic carboxylic acids is 1. The number of rotatable bonds is 5. The standard InChI is InChI=1S/C11H14N2O5S/c1-6-8(11(15)16)4-3-5-9(6)19(17,18)13-7(2)10(12)14/h3-5,7,13H,1-2H3,(H2,12,14)(H,15,16). The van der Waals surface area contributed by atoms with E-state index in [-0.39, 0.29) is 16.0 Å². The van der Waals surface area contributed by atoms with Gasteiger partial charge in [0.1, 0.15) is 0 Å². The van der Waals surface area contributed by atoms with Crippen LogP contribution >= 0.6 is 0 Å². The summed E-state index contributed by atoms with van der Waals surface area (Å²) in [5.74, 6) is -2.05. The first-order chi connectivity index (χ1) is 8.66. The molecule has 0 fully saturated rings. The summed E-state index contributed by atoms with van der Waals surface area (Å²) in [6, 6.07) is 2.80. The van der Waals surface area contributed by atoms with Crippen molar-refractivity contribution in [3.05, 3.63) is 29.3 Å². The van der Waals surface area contributed by atoms with Crippen LogP contribution in [0.2, 0.25) is 0 Å². The summed E-state index contributed by atoms with van der Waals surface area (Å²) in [6.45, 7) is 2.68. The van der Waals surface area contributed by atoms with Gasteiger partial charge in [0.2, 0.25) is 15.9 Å². The predicted octanol–water partition coefficient (Wildman–Crippen LogP) is -0.155. The molecule has 0 aromatic heterocycles. The lowest BCUT2D eigenvalue weighted by Gasteiger charge is -2.13. The monoisotopic (exact) mass is 286 g/mol. The Labute approximate surface area is 110 Å². The number of hydrogen-bond acceptors (Lipinski definition) is 4. The number of primary amides is 1. The Morgan fingerprint density at radius 1 is 1.37 bits per heavy atom. The van der Waals surface area contributed by atoms with Gasteiger partial charge in [-0.05, 0) is 31.5 Å². The summed E-state index contributed by atoms with van der Waals surface area (Å²) in [7, 11) is -4.01. The third-order valence-electron chi connectivity index (χ3n) is 2.56.